The molecule has 0 spiro atoms. The van der Waals surface area contributed by atoms with Crippen LogP contribution < -0.4 is 0 Å². The van der Waals surface area contributed by atoms with E-state index in [0.717, 1.165) is 6.04 Å². The van der Waals surface area contributed by atoms with E-state index in [2.05, 4.69) is 13.8 Å². The Kier molecular flexibility index (Phi) is 7.47. The standard InChI is InChI=1S/C15H28O3Si2/c1-11(2)17-19-10-12(3)14(16)18-20-13-6-8-15(4,5)9-7-13/h11-13H,6-10H2,1-5H3. The van der Waals surface area contributed by atoms with E-state index in [-0.39, 0.29) is 18.0 Å². The molecule has 0 aromatic heterocycles. The molecular formula is C15H28O3Si2. The van der Waals surface area contributed by atoms with Gasteiger partial charge in [0, 0.05) is 6.10 Å². The van der Waals surface area contributed by atoms with Crippen molar-refractivity contribution < 1.29 is 13.6 Å². The highest BCUT2D eigenvalue weighted by atomic mass is 28.2. The topological polar surface area (TPSA) is 35.5 Å². The van der Waals surface area contributed by atoms with Crippen LogP contribution in [0, 0.1) is 11.3 Å². The Bertz CT molecular complexity index is 295. The molecule has 1 atom stereocenters. The maximum absolute atomic E-state index is 11.9. The van der Waals surface area contributed by atoms with Crippen LogP contribution in [0.4, 0.5) is 0 Å². The minimum Gasteiger partial charge on any atom is -0.516 e. The maximum Gasteiger partial charge on any atom is 0.318 e. The van der Waals surface area contributed by atoms with Crippen LogP contribution in [-0.2, 0) is 13.6 Å². The quantitative estimate of drug-likeness (QED) is 0.673. The summed E-state index contributed by atoms with van der Waals surface area (Å²) in [5, 5.41) is 0. The van der Waals surface area contributed by atoms with Gasteiger partial charge >= 0.3 is 9.76 Å². The van der Waals surface area contributed by atoms with Gasteiger partial charge in [0.15, 0.2) is 0 Å². The van der Waals surface area contributed by atoms with E-state index >= 15 is 0 Å². The highest BCUT2D eigenvalue weighted by Gasteiger charge is 2.29. The van der Waals surface area contributed by atoms with Crippen molar-refractivity contribution in [2.75, 3.05) is 0 Å². The summed E-state index contributed by atoms with van der Waals surface area (Å²) in [7, 11) is 0.735. The van der Waals surface area contributed by atoms with Crippen molar-refractivity contribution in [3.05, 3.63) is 0 Å². The minimum atomic E-state index is -0.0481. The summed E-state index contributed by atoms with van der Waals surface area (Å²) in [5.41, 5.74) is 1.07. The Morgan fingerprint density at radius 1 is 1.25 bits per heavy atom. The highest BCUT2D eigenvalue weighted by molar-refractivity contribution is 6.33. The first-order valence-corrected chi connectivity index (χ1v) is 9.75. The van der Waals surface area contributed by atoms with Gasteiger partial charge in [-0.2, -0.15) is 0 Å². The predicted molar refractivity (Wildman–Crippen MR) is 83.8 cm³/mol. The van der Waals surface area contributed by atoms with Gasteiger partial charge in [0.25, 0.3) is 5.97 Å². The number of hydrogen-bond donors (Lipinski definition) is 0. The zero-order valence-corrected chi connectivity index (χ0v) is 15.5. The molecule has 0 aliphatic heterocycles. The van der Waals surface area contributed by atoms with Gasteiger partial charge < -0.3 is 8.85 Å². The van der Waals surface area contributed by atoms with Crippen LogP contribution in [0.25, 0.3) is 0 Å². The first-order valence-electron chi connectivity index (χ1n) is 7.65. The molecule has 20 heavy (non-hydrogen) atoms. The number of rotatable bonds is 7. The van der Waals surface area contributed by atoms with Crippen molar-refractivity contribution in [3.63, 3.8) is 0 Å². The van der Waals surface area contributed by atoms with E-state index in [1.54, 1.807) is 0 Å². The van der Waals surface area contributed by atoms with Gasteiger partial charge in [0.1, 0.15) is 0 Å². The molecule has 1 aliphatic carbocycles. The van der Waals surface area contributed by atoms with Gasteiger partial charge in [0.05, 0.1) is 5.92 Å². The molecule has 0 aromatic carbocycles. The van der Waals surface area contributed by atoms with Crippen LogP contribution in [0.15, 0.2) is 0 Å². The lowest BCUT2D eigenvalue weighted by molar-refractivity contribution is -0.137. The van der Waals surface area contributed by atoms with Crippen LogP contribution in [0.2, 0.25) is 11.6 Å². The lowest BCUT2D eigenvalue weighted by Gasteiger charge is -2.33. The molecule has 114 valence electrons. The van der Waals surface area contributed by atoms with Crippen molar-refractivity contribution in [2.45, 2.75) is 78.0 Å². The molecule has 0 aromatic rings. The van der Waals surface area contributed by atoms with Crippen LogP contribution in [-0.4, -0.2) is 31.6 Å². The van der Waals surface area contributed by atoms with Gasteiger partial charge in [-0.05, 0) is 56.5 Å². The van der Waals surface area contributed by atoms with Gasteiger partial charge in [0.2, 0.25) is 9.76 Å². The fourth-order valence-corrected chi connectivity index (χ4v) is 4.04. The summed E-state index contributed by atoms with van der Waals surface area (Å²) >= 11 is 0. The van der Waals surface area contributed by atoms with Crippen LogP contribution in [0.1, 0.15) is 60.3 Å². The van der Waals surface area contributed by atoms with Gasteiger partial charge in [-0.1, -0.05) is 20.8 Å². The lowest BCUT2D eigenvalue weighted by atomic mass is 9.77. The van der Waals surface area contributed by atoms with Crippen molar-refractivity contribution >= 4 is 25.5 Å². The summed E-state index contributed by atoms with van der Waals surface area (Å²) < 4.78 is 11.0. The molecule has 1 aliphatic rings. The van der Waals surface area contributed by atoms with Crippen molar-refractivity contribution in [1.29, 1.82) is 0 Å². The third kappa shape index (κ3) is 7.04. The molecule has 1 unspecified atom stereocenters. The summed E-state index contributed by atoms with van der Waals surface area (Å²) in [4.78, 5) is 11.9. The van der Waals surface area contributed by atoms with Gasteiger partial charge in [-0.15, -0.1) is 0 Å². The largest absolute Gasteiger partial charge is 0.516 e. The normalized spacial score (nSPS) is 20.9. The lowest BCUT2D eigenvalue weighted by Crippen LogP contribution is -2.26. The minimum absolute atomic E-state index is 0.0420. The van der Waals surface area contributed by atoms with Crippen LogP contribution in [0.5, 0.6) is 0 Å². The molecule has 0 N–H and O–H groups in total. The van der Waals surface area contributed by atoms with Crippen molar-refractivity contribution in [1.82, 2.24) is 0 Å². The van der Waals surface area contributed by atoms with Crippen LogP contribution >= 0.6 is 0 Å². The zero-order chi connectivity index (χ0) is 15.2. The predicted octanol–water partition coefficient (Wildman–Crippen LogP) is 3.64. The second kappa shape index (κ2) is 8.34. The van der Waals surface area contributed by atoms with Gasteiger partial charge in [-0.3, -0.25) is 4.79 Å². The first-order chi connectivity index (χ1) is 9.30. The smallest absolute Gasteiger partial charge is 0.318 e. The zero-order valence-electron chi connectivity index (χ0n) is 13.5. The summed E-state index contributed by atoms with van der Waals surface area (Å²) in [6.07, 6.45) is 5.14. The average molecular weight is 313 g/mol. The summed E-state index contributed by atoms with van der Waals surface area (Å²) in [6.45, 7) is 10.6. The Morgan fingerprint density at radius 2 is 1.85 bits per heavy atom. The summed E-state index contributed by atoms with van der Waals surface area (Å²) in [6, 6.07) is 0.777. The maximum atomic E-state index is 11.9. The van der Waals surface area contributed by atoms with E-state index in [4.69, 9.17) is 8.85 Å². The molecule has 1 rings (SSSR count). The SMILES string of the molecule is CC(C)O[Si]CC(C)C(=O)O[Si]C1CCC(C)(C)CC1. The molecule has 0 heterocycles. The Morgan fingerprint density at radius 3 is 2.40 bits per heavy atom. The fraction of sp³-hybridized carbons (Fsp3) is 0.933. The molecule has 0 saturated heterocycles. The molecule has 0 bridgehead atoms. The molecular weight excluding hydrogens is 284 g/mol. The Labute approximate surface area is 129 Å². The molecule has 1 saturated carbocycles. The Balaban J connectivity index is 2.16. The number of hydrogen-bond acceptors (Lipinski definition) is 3. The van der Waals surface area contributed by atoms with Crippen LogP contribution in [0.3, 0.4) is 0 Å². The first kappa shape index (κ1) is 17.9. The third-order valence-corrected chi connectivity index (χ3v) is 6.42. The third-order valence-electron chi connectivity index (χ3n) is 3.78. The summed E-state index contributed by atoms with van der Waals surface area (Å²) in [5.74, 6) is -0.0902. The number of carbonyl (C=O) groups is 1. The monoisotopic (exact) mass is 312 g/mol. The van der Waals surface area contributed by atoms with E-state index < -0.39 is 0 Å². The molecule has 5 heteroatoms. The Hall–Kier alpha value is -0.136. The fourth-order valence-electron chi connectivity index (χ4n) is 2.18. The highest BCUT2D eigenvalue weighted by Crippen LogP contribution is 2.40. The number of carbonyl (C=O) groups excluding carboxylic acids is 1. The van der Waals surface area contributed by atoms with Gasteiger partial charge in [-0.25, -0.2) is 0 Å². The molecule has 3 nitrogen and oxygen atoms in total. The van der Waals surface area contributed by atoms with Crippen molar-refractivity contribution in [2.24, 2.45) is 11.3 Å². The van der Waals surface area contributed by atoms with E-state index in [1.165, 1.54) is 25.7 Å². The van der Waals surface area contributed by atoms with E-state index in [0.29, 0.717) is 30.5 Å². The second-order valence-corrected chi connectivity index (χ2v) is 9.08. The molecule has 1 fully saturated rings. The average Bonchev–Trinajstić information content (AvgIpc) is 2.36. The van der Waals surface area contributed by atoms with E-state index in [9.17, 15) is 4.79 Å². The van der Waals surface area contributed by atoms with E-state index in [1.807, 2.05) is 20.8 Å². The second-order valence-electron chi connectivity index (χ2n) is 6.89. The molecule has 4 radical (unpaired) electrons. The van der Waals surface area contributed by atoms with Crippen molar-refractivity contribution in [3.8, 4) is 0 Å². The molecule has 0 amide bonds.